The minimum Gasteiger partial charge on any atom is -0.374 e. The maximum Gasteiger partial charge on any atom is 0.0802 e. The van der Waals surface area contributed by atoms with Gasteiger partial charge in [-0.2, -0.15) is 0 Å². The van der Waals surface area contributed by atoms with Crippen LogP contribution >= 0.6 is 0 Å². The molecule has 0 aromatic carbocycles. The molecule has 0 amide bonds. The highest BCUT2D eigenvalue weighted by molar-refractivity contribution is 4.87. The van der Waals surface area contributed by atoms with Gasteiger partial charge in [-0.25, -0.2) is 0 Å². The molecular formula is C7H15NO. The van der Waals surface area contributed by atoms with Gasteiger partial charge in [-0.15, -0.1) is 0 Å². The van der Waals surface area contributed by atoms with Crippen molar-refractivity contribution in [3.05, 3.63) is 0 Å². The molecule has 1 fully saturated rings. The number of hydrogen-bond donors (Lipinski definition) is 1. The first-order chi connectivity index (χ1) is 4.15. The molecule has 1 heterocycles. The molecule has 2 unspecified atom stereocenters. The van der Waals surface area contributed by atoms with E-state index in [0.29, 0.717) is 0 Å². The fraction of sp³-hybridized carbons (Fsp3) is 1.00. The van der Waals surface area contributed by atoms with Gasteiger partial charge in [0.2, 0.25) is 0 Å². The summed E-state index contributed by atoms with van der Waals surface area (Å²) >= 11 is 0. The molecule has 0 saturated carbocycles. The molecule has 2 atom stereocenters. The van der Waals surface area contributed by atoms with E-state index in [1.165, 1.54) is 0 Å². The lowest BCUT2D eigenvalue weighted by Gasteiger charge is -2.27. The summed E-state index contributed by atoms with van der Waals surface area (Å²) in [5.74, 6) is 0. The Kier molecular flexibility index (Phi) is 1.78. The van der Waals surface area contributed by atoms with Gasteiger partial charge in [0.25, 0.3) is 0 Å². The molecule has 0 spiro atoms. The maximum absolute atomic E-state index is 5.71. The first-order valence-corrected chi connectivity index (χ1v) is 3.55. The first kappa shape index (κ1) is 7.03. The largest absolute Gasteiger partial charge is 0.374 e. The number of rotatable bonds is 1. The Hall–Kier alpha value is -0.0800. The molecule has 2 nitrogen and oxygen atoms in total. The molecule has 0 bridgehead atoms. The van der Waals surface area contributed by atoms with E-state index in [9.17, 15) is 0 Å². The highest BCUT2D eigenvalue weighted by Gasteiger charge is 2.33. The summed E-state index contributed by atoms with van der Waals surface area (Å²) < 4.78 is 5.48. The summed E-state index contributed by atoms with van der Waals surface area (Å²) in [7, 11) is 0. The van der Waals surface area contributed by atoms with Crippen LogP contribution in [0.2, 0.25) is 0 Å². The summed E-state index contributed by atoms with van der Waals surface area (Å²) in [4.78, 5) is 0. The van der Waals surface area contributed by atoms with E-state index in [1.54, 1.807) is 0 Å². The minimum atomic E-state index is -0.0278. The third-order valence-electron chi connectivity index (χ3n) is 2.21. The summed E-state index contributed by atoms with van der Waals surface area (Å²) in [5.41, 5.74) is 5.68. The van der Waals surface area contributed by atoms with Crippen LogP contribution in [-0.4, -0.2) is 18.2 Å². The second kappa shape index (κ2) is 2.27. The Labute approximate surface area is 56.4 Å². The summed E-state index contributed by atoms with van der Waals surface area (Å²) in [6.07, 6.45) is 2.28. The summed E-state index contributed by atoms with van der Waals surface area (Å²) in [6.45, 7) is 4.98. The van der Waals surface area contributed by atoms with Gasteiger partial charge in [-0.05, 0) is 26.7 Å². The molecule has 0 radical (unpaired) electrons. The molecule has 1 rings (SSSR count). The monoisotopic (exact) mass is 129 g/mol. The van der Waals surface area contributed by atoms with Crippen LogP contribution in [0.1, 0.15) is 26.7 Å². The molecule has 2 N–H and O–H groups in total. The average molecular weight is 129 g/mol. The third kappa shape index (κ3) is 1.25. The van der Waals surface area contributed by atoms with Crippen molar-refractivity contribution >= 4 is 0 Å². The predicted molar refractivity (Wildman–Crippen MR) is 37.2 cm³/mol. The fourth-order valence-corrected chi connectivity index (χ4v) is 1.16. The van der Waals surface area contributed by atoms with Crippen molar-refractivity contribution in [2.75, 3.05) is 6.61 Å². The molecular weight excluding hydrogens is 114 g/mol. The van der Waals surface area contributed by atoms with E-state index in [0.717, 1.165) is 19.4 Å². The van der Waals surface area contributed by atoms with E-state index in [4.69, 9.17) is 10.5 Å². The third-order valence-corrected chi connectivity index (χ3v) is 2.21. The molecule has 2 heteroatoms. The van der Waals surface area contributed by atoms with E-state index in [2.05, 4.69) is 6.92 Å². The Morgan fingerprint density at radius 3 is 2.56 bits per heavy atom. The van der Waals surface area contributed by atoms with Gasteiger partial charge in [-0.3, -0.25) is 0 Å². The van der Waals surface area contributed by atoms with Crippen molar-refractivity contribution in [3.63, 3.8) is 0 Å². The van der Waals surface area contributed by atoms with Gasteiger partial charge in [0.05, 0.1) is 5.60 Å². The first-order valence-electron chi connectivity index (χ1n) is 3.55. The van der Waals surface area contributed by atoms with Gasteiger partial charge in [0, 0.05) is 12.6 Å². The highest BCUT2D eigenvalue weighted by atomic mass is 16.5. The van der Waals surface area contributed by atoms with Gasteiger partial charge >= 0.3 is 0 Å². The van der Waals surface area contributed by atoms with Crippen molar-refractivity contribution in [2.45, 2.75) is 38.3 Å². The molecule has 1 aliphatic heterocycles. The smallest absolute Gasteiger partial charge is 0.0802 e. The Bertz CT molecular complexity index is 95.1. The van der Waals surface area contributed by atoms with Crippen LogP contribution in [-0.2, 0) is 4.74 Å². The molecule has 0 aromatic rings. The van der Waals surface area contributed by atoms with Gasteiger partial charge in [0.1, 0.15) is 0 Å². The van der Waals surface area contributed by atoms with Crippen LogP contribution in [0, 0.1) is 0 Å². The molecule has 1 saturated heterocycles. The number of nitrogens with two attached hydrogens (primary N) is 1. The number of ether oxygens (including phenoxy) is 1. The van der Waals surface area contributed by atoms with E-state index in [-0.39, 0.29) is 11.6 Å². The fourth-order valence-electron chi connectivity index (χ4n) is 1.16. The molecule has 9 heavy (non-hydrogen) atoms. The van der Waals surface area contributed by atoms with Crippen LogP contribution in [0.3, 0.4) is 0 Å². The number of hydrogen-bond acceptors (Lipinski definition) is 2. The van der Waals surface area contributed by atoms with Crippen LogP contribution in [0.5, 0.6) is 0 Å². The zero-order valence-corrected chi connectivity index (χ0v) is 6.18. The standard InChI is InChI=1S/C7H15NO/c1-6(8)7(2)4-3-5-9-7/h6H,3-5,8H2,1-2H3. The lowest BCUT2D eigenvalue weighted by atomic mass is 9.95. The highest BCUT2D eigenvalue weighted by Crippen LogP contribution is 2.26. The molecule has 0 aromatic heterocycles. The van der Waals surface area contributed by atoms with Gasteiger partial charge in [-0.1, -0.05) is 0 Å². The lowest BCUT2D eigenvalue weighted by Crippen LogP contribution is -2.42. The van der Waals surface area contributed by atoms with Crippen LogP contribution in [0.4, 0.5) is 0 Å². The van der Waals surface area contributed by atoms with Crippen molar-refractivity contribution in [2.24, 2.45) is 5.73 Å². The Morgan fingerprint density at radius 1 is 1.67 bits per heavy atom. The molecule has 1 aliphatic rings. The zero-order valence-electron chi connectivity index (χ0n) is 6.18. The van der Waals surface area contributed by atoms with Crippen molar-refractivity contribution < 1.29 is 4.74 Å². The van der Waals surface area contributed by atoms with Crippen LogP contribution in [0.15, 0.2) is 0 Å². The van der Waals surface area contributed by atoms with Gasteiger partial charge < -0.3 is 10.5 Å². The molecule has 0 aliphatic carbocycles. The van der Waals surface area contributed by atoms with E-state index >= 15 is 0 Å². The van der Waals surface area contributed by atoms with Crippen molar-refractivity contribution in [3.8, 4) is 0 Å². The maximum atomic E-state index is 5.71. The molecule has 54 valence electrons. The quantitative estimate of drug-likeness (QED) is 0.571. The Morgan fingerprint density at radius 2 is 2.33 bits per heavy atom. The van der Waals surface area contributed by atoms with E-state index < -0.39 is 0 Å². The Balaban J connectivity index is 2.51. The van der Waals surface area contributed by atoms with Crippen molar-refractivity contribution in [1.82, 2.24) is 0 Å². The van der Waals surface area contributed by atoms with Gasteiger partial charge in [0.15, 0.2) is 0 Å². The SMILES string of the molecule is CC(N)C1(C)CCCO1. The zero-order chi connectivity index (χ0) is 6.91. The predicted octanol–water partition coefficient (Wildman–Crippen LogP) is 0.903. The lowest BCUT2D eigenvalue weighted by molar-refractivity contribution is 0.00360. The van der Waals surface area contributed by atoms with Crippen molar-refractivity contribution in [1.29, 1.82) is 0 Å². The summed E-state index contributed by atoms with van der Waals surface area (Å²) in [6, 6.07) is 0.167. The minimum absolute atomic E-state index is 0.0278. The van der Waals surface area contributed by atoms with Crippen LogP contribution in [0.25, 0.3) is 0 Å². The summed E-state index contributed by atoms with van der Waals surface area (Å²) in [5, 5.41) is 0. The van der Waals surface area contributed by atoms with E-state index in [1.807, 2.05) is 6.92 Å². The average Bonchev–Trinajstić information content (AvgIpc) is 2.16. The van der Waals surface area contributed by atoms with Crippen LogP contribution < -0.4 is 5.73 Å². The topological polar surface area (TPSA) is 35.2 Å². The normalized spacial score (nSPS) is 39.0. The second-order valence-electron chi connectivity index (χ2n) is 3.05. The second-order valence-corrected chi connectivity index (χ2v) is 3.05.